The van der Waals surface area contributed by atoms with Gasteiger partial charge in [-0.3, -0.25) is 4.79 Å². The van der Waals surface area contributed by atoms with Crippen molar-refractivity contribution in [2.45, 2.75) is 44.7 Å². The molecule has 0 amide bonds. The standard InChI is InChI=1S/C15H15F3N2O3/c1-7(16)12-19-13(22)11-9(5-10(21)23-14(11)20-12)4-8-2-3-15(17,18)6-8/h5,7-8H,2-4,6H2,1H3,(H,19,20,22)/t7?,8-/m0/s1. The van der Waals surface area contributed by atoms with Gasteiger partial charge in [0.2, 0.25) is 11.6 Å². The van der Waals surface area contributed by atoms with Crippen molar-refractivity contribution in [2.75, 3.05) is 0 Å². The molecule has 0 saturated heterocycles. The minimum atomic E-state index is -2.71. The normalized spacial score (nSPS) is 21.7. The Bertz CT molecular complexity index is 857. The van der Waals surface area contributed by atoms with Crippen LogP contribution in [-0.2, 0) is 6.42 Å². The van der Waals surface area contributed by atoms with Gasteiger partial charge in [0.05, 0.1) is 0 Å². The molecule has 1 aliphatic rings. The van der Waals surface area contributed by atoms with Gasteiger partial charge in [-0.05, 0) is 31.2 Å². The smallest absolute Gasteiger partial charge is 0.337 e. The number of H-pyrrole nitrogens is 1. The Balaban J connectivity index is 2.07. The van der Waals surface area contributed by atoms with Crippen LogP contribution in [0.1, 0.15) is 43.7 Å². The van der Waals surface area contributed by atoms with Crippen LogP contribution >= 0.6 is 0 Å². The zero-order valence-corrected chi connectivity index (χ0v) is 12.4. The lowest BCUT2D eigenvalue weighted by Crippen LogP contribution is -2.18. The van der Waals surface area contributed by atoms with E-state index in [1.165, 1.54) is 6.92 Å². The summed E-state index contributed by atoms with van der Waals surface area (Å²) in [5.41, 5.74) is -1.34. The van der Waals surface area contributed by atoms with Gasteiger partial charge in [-0.2, -0.15) is 4.98 Å². The Labute approximate surface area is 128 Å². The number of nitrogens with one attached hydrogen (secondary N) is 1. The lowest BCUT2D eigenvalue weighted by molar-refractivity contribution is 0.00509. The van der Waals surface area contributed by atoms with Gasteiger partial charge in [-0.25, -0.2) is 18.0 Å². The van der Waals surface area contributed by atoms with E-state index < -0.39 is 23.3 Å². The Morgan fingerprint density at radius 2 is 2.22 bits per heavy atom. The number of alkyl halides is 3. The number of hydrogen-bond donors (Lipinski definition) is 1. The van der Waals surface area contributed by atoms with E-state index in [9.17, 15) is 22.8 Å². The molecule has 5 nitrogen and oxygen atoms in total. The summed E-state index contributed by atoms with van der Waals surface area (Å²) < 4.78 is 44.8. The van der Waals surface area contributed by atoms with Crippen LogP contribution in [0.5, 0.6) is 0 Å². The molecule has 0 radical (unpaired) electrons. The maximum atomic E-state index is 13.3. The van der Waals surface area contributed by atoms with Gasteiger partial charge in [0.1, 0.15) is 11.2 Å². The highest BCUT2D eigenvalue weighted by molar-refractivity contribution is 5.75. The molecule has 0 bridgehead atoms. The third-order valence-electron chi connectivity index (χ3n) is 4.11. The molecule has 2 heterocycles. The van der Waals surface area contributed by atoms with E-state index in [0.717, 1.165) is 6.07 Å². The first-order chi connectivity index (χ1) is 10.7. The molecule has 2 aromatic heterocycles. The average molecular weight is 328 g/mol. The first-order valence-electron chi connectivity index (χ1n) is 7.34. The highest BCUT2D eigenvalue weighted by atomic mass is 19.3. The third kappa shape index (κ3) is 3.16. The van der Waals surface area contributed by atoms with Gasteiger partial charge in [0.15, 0.2) is 6.17 Å². The molecular weight excluding hydrogens is 313 g/mol. The van der Waals surface area contributed by atoms with Crippen LogP contribution in [0, 0.1) is 5.92 Å². The fourth-order valence-corrected chi connectivity index (χ4v) is 3.04. The van der Waals surface area contributed by atoms with E-state index >= 15 is 0 Å². The molecule has 124 valence electrons. The molecule has 2 aromatic rings. The molecule has 3 rings (SSSR count). The van der Waals surface area contributed by atoms with Crippen LogP contribution in [-0.4, -0.2) is 15.9 Å². The minimum absolute atomic E-state index is 0.0178. The Kier molecular flexibility index (Phi) is 3.77. The van der Waals surface area contributed by atoms with Crippen LogP contribution < -0.4 is 11.2 Å². The summed E-state index contributed by atoms with van der Waals surface area (Å²) in [5.74, 6) is -3.27. The lowest BCUT2D eigenvalue weighted by Gasteiger charge is -2.11. The van der Waals surface area contributed by atoms with Crippen LogP contribution in [0.2, 0.25) is 0 Å². The summed E-state index contributed by atoms with van der Waals surface area (Å²) in [6.07, 6.45) is -1.53. The van der Waals surface area contributed by atoms with Crippen molar-refractivity contribution in [1.82, 2.24) is 9.97 Å². The number of halogens is 3. The molecule has 1 N–H and O–H groups in total. The number of hydrogen-bond acceptors (Lipinski definition) is 4. The largest absolute Gasteiger partial charge is 0.403 e. The second kappa shape index (κ2) is 5.50. The van der Waals surface area contributed by atoms with Crippen LogP contribution in [0.15, 0.2) is 20.1 Å². The molecule has 1 aliphatic carbocycles. The summed E-state index contributed by atoms with van der Waals surface area (Å²) in [7, 11) is 0. The van der Waals surface area contributed by atoms with Gasteiger partial charge >= 0.3 is 5.63 Å². The summed E-state index contributed by atoms with van der Waals surface area (Å²) >= 11 is 0. The lowest BCUT2D eigenvalue weighted by atomic mass is 9.97. The maximum absolute atomic E-state index is 13.3. The second-order valence-corrected chi connectivity index (χ2v) is 6.01. The first kappa shape index (κ1) is 15.8. The second-order valence-electron chi connectivity index (χ2n) is 6.01. The number of aromatic amines is 1. The molecule has 1 saturated carbocycles. The molecule has 1 unspecified atom stereocenters. The van der Waals surface area contributed by atoms with Crippen molar-refractivity contribution in [2.24, 2.45) is 5.92 Å². The van der Waals surface area contributed by atoms with E-state index in [1.54, 1.807) is 0 Å². The molecule has 0 spiro atoms. The molecule has 2 atom stereocenters. The highest BCUT2D eigenvalue weighted by Gasteiger charge is 2.39. The zero-order chi connectivity index (χ0) is 16.8. The van der Waals surface area contributed by atoms with Crippen molar-refractivity contribution in [3.05, 3.63) is 38.2 Å². The third-order valence-corrected chi connectivity index (χ3v) is 4.11. The van der Waals surface area contributed by atoms with E-state index in [-0.39, 0.29) is 42.1 Å². The van der Waals surface area contributed by atoms with Crippen LogP contribution in [0.3, 0.4) is 0 Å². The summed E-state index contributed by atoms with van der Waals surface area (Å²) in [5, 5.41) is 0.0178. The van der Waals surface area contributed by atoms with Crippen molar-refractivity contribution in [3.8, 4) is 0 Å². The van der Waals surface area contributed by atoms with Crippen molar-refractivity contribution in [1.29, 1.82) is 0 Å². The van der Waals surface area contributed by atoms with Crippen molar-refractivity contribution in [3.63, 3.8) is 0 Å². The fraction of sp³-hybridized carbons (Fsp3) is 0.533. The van der Waals surface area contributed by atoms with Gasteiger partial charge in [0.25, 0.3) is 5.56 Å². The molecule has 23 heavy (non-hydrogen) atoms. The number of nitrogens with zero attached hydrogens (tertiary/aromatic N) is 1. The Morgan fingerprint density at radius 1 is 1.48 bits per heavy atom. The van der Waals surface area contributed by atoms with Crippen molar-refractivity contribution < 1.29 is 17.6 Å². The van der Waals surface area contributed by atoms with Gasteiger partial charge in [0, 0.05) is 18.9 Å². The minimum Gasteiger partial charge on any atom is -0.403 e. The molecular formula is C15H15F3N2O3. The Hall–Kier alpha value is -2.12. The van der Waals surface area contributed by atoms with Crippen LogP contribution in [0.25, 0.3) is 11.1 Å². The predicted molar refractivity (Wildman–Crippen MR) is 76.4 cm³/mol. The molecule has 0 aromatic carbocycles. The topological polar surface area (TPSA) is 76.0 Å². The number of fused-ring (bicyclic) bond motifs is 1. The van der Waals surface area contributed by atoms with E-state index in [4.69, 9.17) is 4.42 Å². The summed E-state index contributed by atoms with van der Waals surface area (Å²) in [6.45, 7) is 1.19. The zero-order valence-electron chi connectivity index (χ0n) is 12.4. The highest BCUT2D eigenvalue weighted by Crippen LogP contribution is 2.40. The average Bonchev–Trinajstić information content (AvgIpc) is 2.76. The SMILES string of the molecule is CC(F)c1nc2oc(=O)cc(C[C@@H]3CCC(F)(F)C3)c2c(=O)[nH]1. The number of rotatable bonds is 3. The van der Waals surface area contributed by atoms with Crippen LogP contribution in [0.4, 0.5) is 13.2 Å². The molecule has 8 heteroatoms. The van der Waals surface area contributed by atoms with E-state index in [0.29, 0.717) is 12.0 Å². The number of aromatic nitrogens is 2. The predicted octanol–water partition coefficient (Wildman–Crippen LogP) is 2.88. The molecule has 0 aliphatic heterocycles. The maximum Gasteiger partial charge on any atom is 0.337 e. The van der Waals surface area contributed by atoms with Crippen molar-refractivity contribution >= 4 is 11.1 Å². The monoisotopic (exact) mass is 328 g/mol. The Morgan fingerprint density at radius 3 is 2.83 bits per heavy atom. The summed E-state index contributed by atoms with van der Waals surface area (Å²) in [6, 6.07) is 1.12. The first-order valence-corrected chi connectivity index (χ1v) is 7.34. The molecule has 1 fully saturated rings. The fourth-order valence-electron chi connectivity index (χ4n) is 3.04. The quantitative estimate of drug-likeness (QED) is 0.940. The summed E-state index contributed by atoms with van der Waals surface area (Å²) in [4.78, 5) is 29.9. The van der Waals surface area contributed by atoms with Gasteiger partial charge in [-0.15, -0.1) is 0 Å². The van der Waals surface area contributed by atoms with E-state index in [1.807, 2.05) is 0 Å². The van der Waals surface area contributed by atoms with Gasteiger partial charge < -0.3 is 9.40 Å². The van der Waals surface area contributed by atoms with E-state index in [2.05, 4.69) is 9.97 Å². The van der Waals surface area contributed by atoms with Gasteiger partial charge in [-0.1, -0.05) is 0 Å².